The number of hydrogen-bond acceptors (Lipinski definition) is 6. The van der Waals surface area contributed by atoms with Gasteiger partial charge in [0.25, 0.3) is 0 Å². The smallest absolute Gasteiger partial charge is 0.141 e. The van der Waals surface area contributed by atoms with Crippen LogP contribution in [0.25, 0.3) is 32.5 Å². The number of thiophene rings is 1. The predicted octanol–water partition coefficient (Wildman–Crippen LogP) is 4.14. The number of piperazine rings is 1. The summed E-state index contributed by atoms with van der Waals surface area (Å²) in [4.78, 5) is 14.9. The fourth-order valence-corrected chi connectivity index (χ4v) is 5.02. The van der Waals surface area contributed by atoms with E-state index in [2.05, 4.69) is 73.7 Å². The highest BCUT2D eigenvalue weighted by molar-refractivity contribution is 7.17. The number of aliphatic hydroxyl groups excluding tert-OH is 1. The average Bonchev–Trinajstić information content (AvgIpc) is 3.25. The summed E-state index contributed by atoms with van der Waals surface area (Å²) in [5.41, 5.74) is 4.83. The SMILES string of the molecule is OCCN1CCN(c2ncnc3scc(-c4ccc(-c5ccccc5)cc4)c23)CC1. The van der Waals surface area contributed by atoms with Crippen molar-refractivity contribution in [3.05, 3.63) is 66.3 Å². The van der Waals surface area contributed by atoms with Crippen LogP contribution in [-0.4, -0.2) is 59.3 Å². The highest BCUT2D eigenvalue weighted by Crippen LogP contribution is 2.38. The largest absolute Gasteiger partial charge is 0.395 e. The van der Waals surface area contributed by atoms with Crippen LogP contribution in [0.2, 0.25) is 0 Å². The number of hydrogen-bond donors (Lipinski definition) is 1. The number of aromatic nitrogens is 2. The van der Waals surface area contributed by atoms with Crippen molar-refractivity contribution in [1.29, 1.82) is 0 Å². The Morgan fingerprint density at radius 1 is 0.833 bits per heavy atom. The highest BCUT2D eigenvalue weighted by atomic mass is 32.1. The molecule has 0 radical (unpaired) electrons. The van der Waals surface area contributed by atoms with Crippen LogP contribution < -0.4 is 4.90 Å². The molecule has 4 aromatic rings. The van der Waals surface area contributed by atoms with Crippen molar-refractivity contribution in [2.24, 2.45) is 0 Å². The Balaban J connectivity index is 1.47. The number of benzene rings is 2. The summed E-state index contributed by atoms with van der Waals surface area (Å²) in [7, 11) is 0. The van der Waals surface area contributed by atoms with E-state index in [0.717, 1.165) is 48.8 Å². The molecule has 1 N–H and O–H groups in total. The third kappa shape index (κ3) is 3.69. The summed E-state index contributed by atoms with van der Waals surface area (Å²) in [6.45, 7) is 4.66. The van der Waals surface area contributed by atoms with Crippen molar-refractivity contribution < 1.29 is 5.11 Å². The van der Waals surface area contributed by atoms with E-state index in [1.165, 1.54) is 22.3 Å². The van der Waals surface area contributed by atoms with Crippen molar-refractivity contribution in [3.8, 4) is 22.3 Å². The number of nitrogens with zero attached hydrogens (tertiary/aromatic N) is 4. The molecular weight excluding hydrogens is 392 g/mol. The van der Waals surface area contributed by atoms with Crippen molar-refractivity contribution in [2.75, 3.05) is 44.2 Å². The number of fused-ring (bicyclic) bond motifs is 1. The van der Waals surface area contributed by atoms with Gasteiger partial charge in [-0.2, -0.15) is 0 Å². The van der Waals surface area contributed by atoms with E-state index in [1.807, 2.05) is 6.07 Å². The predicted molar refractivity (Wildman–Crippen MR) is 124 cm³/mol. The van der Waals surface area contributed by atoms with Crippen molar-refractivity contribution >= 4 is 27.4 Å². The first-order valence-corrected chi connectivity index (χ1v) is 11.2. The van der Waals surface area contributed by atoms with Crippen molar-refractivity contribution in [1.82, 2.24) is 14.9 Å². The molecule has 0 spiro atoms. The molecule has 30 heavy (non-hydrogen) atoms. The third-order valence-corrected chi connectivity index (χ3v) is 6.63. The lowest BCUT2D eigenvalue weighted by Gasteiger charge is -2.35. The molecule has 1 aliphatic heterocycles. The Kier molecular flexibility index (Phi) is 5.45. The first-order valence-electron chi connectivity index (χ1n) is 10.3. The molecule has 0 atom stereocenters. The van der Waals surface area contributed by atoms with Gasteiger partial charge >= 0.3 is 0 Å². The second kappa shape index (κ2) is 8.52. The van der Waals surface area contributed by atoms with Crippen LogP contribution in [-0.2, 0) is 0 Å². The first kappa shape index (κ1) is 19.2. The van der Waals surface area contributed by atoms with E-state index in [0.29, 0.717) is 0 Å². The fourth-order valence-electron chi connectivity index (χ4n) is 4.11. The maximum atomic E-state index is 9.20. The molecule has 1 saturated heterocycles. The zero-order valence-corrected chi connectivity index (χ0v) is 17.6. The lowest BCUT2D eigenvalue weighted by molar-refractivity contribution is 0.188. The van der Waals surface area contributed by atoms with Gasteiger partial charge in [-0.1, -0.05) is 54.6 Å². The van der Waals surface area contributed by atoms with E-state index in [1.54, 1.807) is 17.7 Å². The summed E-state index contributed by atoms with van der Waals surface area (Å²) in [6.07, 6.45) is 1.68. The molecule has 5 nitrogen and oxygen atoms in total. The van der Waals surface area contributed by atoms with Gasteiger partial charge in [-0.05, 0) is 16.7 Å². The standard InChI is InChI=1S/C24H24N4OS/c29-15-14-27-10-12-28(13-11-27)23-22-21(16-30-24(22)26-17-25-23)20-8-6-19(7-9-20)18-4-2-1-3-5-18/h1-9,16-17,29H,10-15H2. The molecule has 0 amide bonds. The minimum Gasteiger partial charge on any atom is -0.395 e. The average molecular weight is 417 g/mol. The van der Waals surface area contributed by atoms with Crippen molar-refractivity contribution in [2.45, 2.75) is 0 Å². The Bertz CT molecular complexity index is 1120. The third-order valence-electron chi connectivity index (χ3n) is 5.74. The zero-order chi connectivity index (χ0) is 20.3. The van der Waals surface area contributed by atoms with Gasteiger partial charge in [0.2, 0.25) is 0 Å². The molecule has 152 valence electrons. The second-order valence-electron chi connectivity index (χ2n) is 7.52. The molecule has 6 heteroatoms. The van der Waals surface area contributed by atoms with Crippen LogP contribution in [0.5, 0.6) is 0 Å². The van der Waals surface area contributed by atoms with Gasteiger partial charge in [-0.15, -0.1) is 11.3 Å². The zero-order valence-electron chi connectivity index (χ0n) is 16.7. The van der Waals surface area contributed by atoms with Crippen molar-refractivity contribution in [3.63, 3.8) is 0 Å². The molecule has 2 aromatic carbocycles. The van der Waals surface area contributed by atoms with E-state index in [-0.39, 0.29) is 6.61 Å². The van der Waals surface area contributed by atoms with Gasteiger partial charge in [0.15, 0.2) is 0 Å². The van der Waals surface area contributed by atoms with Crippen LogP contribution in [0, 0.1) is 0 Å². The highest BCUT2D eigenvalue weighted by Gasteiger charge is 2.22. The van der Waals surface area contributed by atoms with Crippen LogP contribution in [0.15, 0.2) is 66.3 Å². The van der Waals surface area contributed by atoms with E-state index in [9.17, 15) is 5.11 Å². The number of aliphatic hydroxyl groups is 1. The van der Waals surface area contributed by atoms with E-state index in [4.69, 9.17) is 0 Å². The van der Waals surface area contributed by atoms with Gasteiger partial charge in [0.1, 0.15) is 17.0 Å². The number of β-amino-alcohol motifs (C(OH)–C–C–N with tert-alkyl or cyclic N) is 1. The Morgan fingerprint density at radius 3 is 2.27 bits per heavy atom. The van der Waals surface area contributed by atoms with Gasteiger partial charge < -0.3 is 10.0 Å². The molecule has 5 rings (SSSR count). The van der Waals surface area contributed by atoms with Gasteiger partial charge in [0.05, 0.1) is 12.0 Å². The number of rotatable bonds is 5. The summed E-state index contributed by atoms with van der Waals surface area (Å²) in [6, 6.07) is 19.2. The minimum atomic E-state index is 0.214. The van der Waals surface area contributed by atoms with Crippen LogP contribution in [0.1, 0.15) is 0 Å². The normalized spacial score (nSPS) is 15.0. The van der Waals surface area contributed by atoms with E-state index >= 15 is 0 Å². The summed E-state index contributed by atoms with van der Waals surface area (Å²) in [5, 5.41) is 12.5. The Morgan fingerprint density at radius 2 is 1.53 bits per heavy atom. The monoisotopic (exact) mass is 416 g/mol. The molecule has 0 unspecified atom stereocenters. The quantitative estimate of drug-likeness (QED) is 0.530. The number of anilines is 1. The molecule has 3 heterocycles. The van der Waals surface area contributed by atoms with Gasteiger partial charge in [-0.3, -0.25) is 4.90 Å². The summed E-state index contributed by atoms with van der Waals surface area (Å²) in [5.74, 6) is 1.02. The second-order valence-corrected chi connectivity index (χ2v) is 8.38. The molecule has 0 aliphatic carbocycles. The first-order chi connectivity index (χ1) is 14.8. The molecule has 1 aliphatic rings. The van der Waals surface area contributed by atoms with E-state index < -0.39 is 0 Å². The molecule has 2 aromatic heterocycles. The molecule has 0 bridgehead atoms. The maximum Gasteiger partial charge on any atom is 0.141 e. The summed E-state index contributed by atoms with van der Waals surface area (Å²) >= 11 is 1.67. The van der Waals surface area contributed by atoms with Crippen LogP contribution in [0.4, 0.5) is 5.82 Å². The Hall–Kier alpha value is -2.80. The summed E-state index contributed by atoms with van der Waals surface area (Å²) < 4.78 is 0. The molecular formula is C24H24N4OS. The topological polar surface area (TPSA) is 52.5 Å². The maximum absolute atomic E-state index is 9.20. The molecule has 1 fully saturated rings. The van der Waals surface area contributed by atoms with Crippen LogP contribution >= 0.6 is 11.3 Å². The minimum absolute atomic E-state index is 0.214. The van der Waals surface area contributed by atoms with Gasteiger partial charge in [-0.25, -0.2) is 9.97 Å². The fraction of sp³-hybridized carbons (Fsp3) is 0.250. The van der Waals surface area contributed by atoms with Crippen LogP contribution in [0.3, 0.4) is 0 Å². The molecule has 0 saturated carbocycles. The lowest BCUT2D eigenvalue weighted by atomic mass is 10.0. The Labute approximate surface area is 180 Å². The van der Waals surface area contributed by atoms with Gasteiger partial charge in [0, 0.05) is 43.7 Å². The lowest BCUT2D eigenvalue weighted by Crippen LogP contribution is -2.47.